The maximum Gasteiger partial charge on any atom is 0.387 e. The highest BCUT2D eigenvalue weighted by Gasteiger charge is 2.13. The second-order valence-corrected chi connectivity index (χ2v) is 6.21. The standard InChI is InChI=1S/C18H27F2N3O2.HI/c1-24-15-9-8-13(12-16(15)25-17(19)20)10-11-22-18(21)23-14-6-4-2-3-5-7-14;/h8-9,12,14,17H,2-7,10-11H2,1H3,(H3,21,22,23);1H. The molecule has 0 aromatic heterocycles. The van der Waals surface area contributed by atoms with Gasteiger partial charge in [0.15, 0.2) is 17.5 Å². The molecule has 0 unspecified atom stereocenters. The second-order valence-electron chi connectivity index (χ2n) is 6.21. The molecule has 1 saturated carbocycles. The molecule has 0 radical (unpaired) electrons. The van der Waals surface area contributed by atoms with E-state index in [2.05, 4.69) is 15.0 Å². The van der Waals surface area contributed by atoms with Crippen LogP contribution in [0.4, 0.5) is 8.78 Å². The van der Waals surface area contributed by atoms with Crippen LogP contribution >= 0.6 is 24.0 Å². The third-order valence-electron chi connectivity index (χ3n) is 4.33. The highest BCUT2D eigenvalue weighted by Crippen LogP contribution is 2.29. The van der Waals surface area contributed by atoms with Gasteiger partial charge in [0.1, 0.15) is 0 Å². The van der Waals surface area contributed by atoms with Crippen LogP contribution in [0.2, 0.25) is 0 Å². The first-order valence-corrected chi connectivity index (χ1v) is 8.76. The topological polar surface area (TPSA) is 68.9 Å². The Bertz CT molecular complexity index is 565. The van der Waals surface area contributed by atoms with E-state index in [9.17, 15) is 8.78 Å². The molecule has 0 amide bonds. The van der Waals surface area contributed by atoms with Gasteiger partial charge in [-0.05, 0) is 37.0 Å². The molecule has 0 aliphatic heterocycles. The summed E-state index contributed by atoms with van der Waals surface area (Å²) in [5.74, 6) is 0.759. The van der Waals surface area contributed by atoms with Gasteiger partial charge in [0.05, 0.1) is 7.11 Å². The van der Waals surface area contributed by atoms with Gasteiger partial charge in [0, 0.05) is 12.6 Å². The number of nitrogens with zero attached hydrogens (tertiary/aromatic N) is 1. The minimum absolute atomic E-state index is 0. The Hall–Kier alpha value is -1.32. The number of benzene rings is 1. The maximum atomic E-state index is 12.5. The van der Waals surface area contributed by atoms with E-state index in [4.69, 9.17) is 10.5 Å². The first-order chi connectivity index (χ1) is 12.1. The van der Waals surface area contributed by atoms with Crippen LogP contribution in [0.3, 0.4) is 0 Å². The maximum absolute atomic E-state index is 12.5. The van der Waals surface area contributed by atoms with Gasteiger partial charge in [-0.25, -0.2) is 0 Å². The van der Waals surface area contributed by atoms with E-state index in [1.54, 1.807) is 12.1 Å². The zero-order valence-electron chi connectivity index (χ0n) is 15.0. The van der Waals surface area contributed by atoms with Crippen LogP contribution in [0, 0.1) is 0 Å². The Morgan fingerprint density at radius 2 is 1.92 bits per heavy atom. The Morgan fingerprint density at radius 1 is 1.23 bits per heavy atom. The summed E-state index contributed by atoms with van der Waals surface area (Å²) >= 11 is 0. The van der Waals surface area contributed by atoms with Crippen molar-refractivity contribution in [2.45, 2.75) is 57.6 Å². The van der Waals surface area contributed by atoms with Crippen LogP contribution in [0.5, 0.6) is 11.5 Å². The van der Waals surface area contributed by atoms with Gasteiger partial charge in [0.2, 0.25) is 0 Å². The number of guanidine groups is 1. The van der Waals surface area contributed by atoms with E-state index in [1.807, 2.05) is 6.07 Å². The Balaban J connectivity index is 0.00000338. The molecule has 1 aromatic carbocycles. The van der Waals surface area contributed by atoms with Crippen molar-refractivity contribution in [2.24, 2.45) is 10.7 Å². The molecule has 1 fully saturated rings. The summed E-state index contributed by atoms with van der Waals surface area (Å²) in [4.78, 5) is 4.34. The Morgan fingerprint density at radius 3 is 2.54 bits per heavy atom. The molecule has 5 nitrogen and oxygen atoms in total. The van der Waals surface area contributed by atoms with Crippen molar-refractivity contribution >= 4 is 29.9 Å². The van der Waals surface area contributed by atoms with E-state index in [0.717, 1.165) is 18.4 Å². The number of aliphatic imine (C=N–C) groups is 1. The number of nitrogens with two attached hydrogens (primary N) is 1. The minimum atomic E-state index is -2.89. The molecule has 0 atom stereocenters. The number of hydrogen-bond acceptors (Lipinski definition) is 3. The van der Waals surface area contributed by atoms with E-state index >= 15 is 0 Å². The summed E-state index contributed by atoms with van der Waals surface area (Å²) in [7, 11) is 1.41. The SMILES string of the molecule is COc1ccc(CCN=C(N)NC2CCCCCC2)cc1OC(F)F.I. The van der Waals surface area contributed by atoms with Gasteiger partial charge in [0.25, 0.3) is 0 Å². The Kier molecular flexibility index (Phi) is 10.6. The Labute approximate surface area is 170 Å². The summed E-state index contributed by atoms with van der Waals surface area (Å²) in [6.07, 6.45) is 7.86. The molecule has 2 rings (SSSR count). The first-order valence-electron chi connectivity index (χ1n) is 8.76. The number of halogens is 3. The predicted octanol–water partition coefficient (Wildman–Crippen LogP) is 4.08. The fraction of sp³-hybridized carbons (Fsp3) is 0.611. The lowest BCUT2D eigenvalue weighted by Crippen LogP contribution is -2.40. The summed E-state index contributed by atoms with van der Waals surface area (Å²) in [6, 6.07) is 5.37. The van der Waals surface area contributed by atoms with E-state index < -0.39 is 6.61 Å². The van der Waals surface area contributed by atoms with Crippen LogP contribution in [0.1, 0.15) is 44.1 Å². The quantitative estimate of drug-likeness (QED) is 0.266. The van der Waals surface area contributed by atoms with Crippen LogP contribution in [0.15, 0.2) is 23.2 Å². The fourth-order valence-corrected chi connectivity index (χ4v) is 3.05. The molecule has 3 N–H and O–H groups in total. The summed E-state index contributed by atoms with van der Waals surface area (Å²) in [5.41, 5.74) is 6.79. The van der Waals surface area contributed by atoms with Gasteiger partial charge >= 0.3 is 6.61 Å². The number of nitrogens with one attached hydrogen (secondary N) is 1. The normalized spacial score (nSPS) is 15.9. The van der Waals surface area contributed by atoms with Crippen LogP contribution < -0.4 is 20.5 Å². The number of methoxy groups -OCH3 is 1. The predicted molar refractivity (Wildman–Crippen MR) is 110 cm³/mol. The van der Waals surface area contributed by atoms with Crippen LogP contribution in [0.25, 0.3) is 0 Å². The number of alkyl halides is 2. The number of ether oxygens (including phenoxy) is 2. The van der Waals surface area contributed by atoms with Gasteiger partial charge in [-0.2, -0.15) is 8.78 Å². The lowest BCUT2D eigenvalue weighted by molar-refractivity contribution is -0.0512. The van der Waals surface area contributed by atoms with Crippen molar-refractivity contribution in [3.8, 4) is 11.5 Å². The number of rotatable bonds is 7. The molecule has 8 heteroatoms. The summed E-state index contributed by atoms with van der Waals surface area (Å²) in [6.45, 7) is -2.41. The van der Waals surface area contributed by atoms with Crippen molar-refractivity contribution in [3.63, 3.8) is 0 Å². The van der Waals surface area contributed by atoms with Gasteiger partial charge in [-0.1, -0.05) is 31.7 Å². The van der Waals surface area contributed by atoms with E-state index in [1.165, 1.54) is 32.8 Å². The molecule has 1 aromatic rings. The van der Waals surface area contributed by atoms with Gasteiger partial charge in [-0.15, -0.1) is 24.0 Å². The lowest BCUT2D eigenvalue weighted by atomic mass is 10.1. The third kappa shape index (κ3) is 7.92. The molecule has 148 valence electrons. The average Bonchev–Trinajstić information content (AvgIpc) is 2.83. The average molecular weight is 483 g/mol. The first kappa shape index (κ1) is 22.7. The van der Waals surface area contributed by atoms with Crippen molar-refractivity contribution in [1.29, 1.82) is 0 Å². The molecule has 0 saturated heterocycles. The van der Waals surface area contributed by atoms with Crippen molar-refractivity contribution < 1.29 is 18.3 Å². The molecular formula is C18H28F2IN3O2. The van der Waals surface area contributed by atoms with Crippen LogP contribution in [-0.4, -0.2) is 32.3 Å². The molecule has 0 bridgehead atoms. The molecule has 1 aliphatic rings. The zero-order valence-corrected chi connectivity index (χ0v) is 17.4. The smallest absolute Gasteiger partial charge is 0.387 e. The second kappa shape index (κ2) is 12.1. The lowest BCUT2D eigenvalue weighted by Gasteiger charge is -2.16. The highest BCUT2D eigenvalue weighted by atomic mass is 127. The third-order valence-corrected chi connectivity index (χ3v) is 4.33. The van der Waals surface area contributed by atoms with E-state index in [0.29, 0.717) is 25.0 Å². The van der Waals surface area contributed by atoms with Crippen LogP contribution in [-0.2, 0) is 6.42 Å². The molecule has 0 spiro atoms. The fourth-order valence-electron chi connectivity index (χ4n) is 3.05. The summed E-state index contributed by atoms with van der Waals surface area (Å²) in [5, 5.41) is 3.28. The zero-order chi connectivity index (χ0) is 18.1. The monoisotopic (exact) mass is 483 g/mol. The van der Waals surface area contributed by atoms with Crippen molar-refractivity contribution in [2.75, 3.05) is 13.7 Å². The highest BCUT2D eigenvalue weighted by molar-refractivity contribution is 14.0. The molecule has 0 heterocycles. The molecule has 1 aliphatic carbocycles. The molecule has 26 heavy (non-hydrogen) atoms. The summed E-state index contributed by atoms with van der Waals surface area (Å²) < 4.78 is 34.4. The van der Waals surface area contributed by atoms with Crippen molar-refractivity contribution in [3.05, 3.63) is 23.8 Å². The largest absolute Gasteiger partial charge is 0.493 e. The van der Waals surface area contributed by atoms with Gasteiger partial charge in [-0.3, -0.25) is 4.99 Å². The van der Waals surface area contributed by atoms with E-state index in [-0.39, 0.29) is 35.5 Å². The number of hydrogen-bond donors (Lipinski definition) is 2. The van der Waals surface area contributed by atoms with Gasteiger partial charge < -0.3 is 20.5 Å². The van der Waals surface area contributed by atoms with Crippen molar-refractivity contribution in [1.82, 2.24) is 5.32 Å². The minimum Gasteiger partial charge on any atom is -0.493 e. The molecular weight excluding hydrogens is 455 g/mol.